The molecule has 0 fully saturated rings. The van der Waals surface area contributed by atoms with Gasteiger partial charge in [0.2, 0.25) is 0 Å². The number of H-pyrrole nitrogens is 1. The number of rotatable bonds is 4. The largest absolute Gasteiger partial charge is 0.355 e. The zero-order chi connectivity index (χ0) is 16.5. The van der Waals surface area contributed by atoms with Gasteiger partial charge in [-0.1, -0.05) is 6.07 Å². The fourth-order valence-corrected chi connectivity index (χ4v) is 3.19. The summed E-state index contributed by atoms with van der Waals surface area (Å²) >= 11 is 0. The van der Waals surface area contributed by atoms with Crippen LogP contribution in [-0.2, 0) is 26.1 Å². The van der Waals surface area contributed by atoms with E-state index in [4.69, 9.17) is 0 Å². The molecule has 3 heterocycles. The minimum Gasteiger partial charge on any atom is -0.355 e. The molecule has 1 aromatic carbocycles. The van der Waals surface area contributed by atoms with Gasteiger partial charge in [0, 0.05) is 36.7 Å². The summed E-state index contributed by atoms with van der Waals surface area (Å²) in [6.45, 7) is 1.95. The van der Waals surface area contributed by atoms with Gasteiger partial charge < -0.3 is 14.9 Å². The Kier molecular flexibility index (Phi) is 3.86. The average molecular weight is 327 g/mol. The molecule has 4 rings (SSSR count). The summed E-state index contributed by atoms with van der Waals surface area (Å²) < 4.78 is 16.0. The topological polar surface area (TPSA) is 75.6 Å². The number of aryl methyl sites for hydroxylation is 1. The maximum Gasteiger partial charge on any atom is 0.189 e. The van der Waals surface area contributed by atoms with E-state index in [0.29, 0.717) is 24.2 Å². The van der Waals surface area contributed by atoms with Crippen LogP contribution in [0.1, 0.15) is 30.2 Å². The Morgan fingerprint density at radius 3 is 3.08 bits per heavy atom. The molecular weight excluding hydrogens is 309 g/mol. The average Bonchev–Trinajstić information content (AvgIpc) is 2.99. The molecule has 1 aliphatic heterocycles. The summed E-state index contributed by atoms with van der Waals surface area (Å²) in [6.07, 6.45) is 3.29. The predicted octanol–water partition coefficient (Wildman–Crippen LogP) is 1.88. The maximum atomic E-state index is 13.9. The van der Waals surface area contributed by atoms with Gasteiger partial charge in [0.25, 0.3) is 0 Å². The molecule has 0 saturated heterocycles. The molecule has 3 aromatic rings. The zero-order valence-electron chi connectivity index (χ0n) is 13.2. The number of nitrogens with zero attached hydrogens (tertiary/aromatic N) is 3. The highest BCUT2D eigenvalue weighted by molar-refractivity contribution is 5.78. The highest BCUT2D eigenvalue weighted by Gasteiger charge is 2.15. The Labute approximate surface area is 137 Å². The monoisotopic (exact) mass is 327 g/mol. The van der Waals surface area contributed by atoms with E-state index in [1.807, 2.05) is 0 Å². The number of fused-ring (bicyclic) bond motifs is 2. The lowest BCUT2D eigenvalue weighted by atomic mass is 10.1. The molecule has 0 atom stereocenters. The lowest BCUT2D eigenvalue weighted by Crippen LogP contribution is -2.20. The Morgan fingerprint density at radius 1 is 1.25 bits per heavy atom. The number of aromatic nitrogens is 4. The van der Waals surface area contributed by atoms with E-state index in [0.717, 1.165) is 37.5 Å². The van der Waals surface area contributed by atoms with Crippen LogP contribution in [0.5, 0.6) is 0 Å². The second kappa shape index (κ2) is 6.16. The fourth-order valence-electron chi connectivity index (χ4n) is 3.19. The fraction of sp³-hybridized carbons (Fsp3) is 0.353. The minimum atomic E-state index is -0.419. The van der Waals surface area contributed by atoms with Gasteiger partial charge in [-0.3, -0.25) is 4.79 Å². The van der Waals surface area contributed by atoms with E-state index in [1.165, 1.54) is 12.1 Å². The Morgan fingerprint density at radius 2 is 2.17 bits per heavy atom. The highest BCUT2D eigenvalue weighted by Crippen LogP contribution is 2.15. The third-order valence-corrected chi connectivity index (χ3v) is 4.40. The summed E-state index contributed by atoms with van der Waals surface area (Å²) in [5.41, 5.74) is 0.720. The normalized spacial score (nSPS) is 14.0. The summed E-state index contributed by atoms with van der Waals surface area (Å²) in [5.74, 6) is 1.52. The first-order valence-electron chi connectivity index (χ1n) is 8.14. The number of pyridine rings is 1. The molecule has 0 aliphatic carbocycles. The third kappa shape index (κ3) is 2.71. The van der Waals surface area contributed by atoms with Crippen LogP contribution >= 0.6 is 0 Å². The van der Waals surface area contributed by atoms with Gasteiger partial charge in [0.15, 0.2) is 5.43 Å². The molecule has 2 aromatic heterocycles. The van der Waals surface area contributed by atoms with Crippen molar-refractivity contribution in [3.63, 3.8) is 0 Å². The van der Waals surface area contributed by atoms with Crippen LogP contribution in [0.4, 0.5) is 4.39 Å². The van der Waals surface area contributed by atoms with Gasteiger partial charge in [-0.25, -0.2) is 4.39 Å². The number of hydrogen-bond donors (Lipinski definition) is 2. The minimum absolute atomic E-state index is 0.181. The number of para-hydroxylation sites is 1. The van der Waals surface area contributed by atoms with E-state index < -0.39 is 5.82 Å². The van der Waals surface area contributed by atoms with Crippen LogP contribution in [0.2, 0.25) is 0 Å². The summed E-state index contributed by atoms with van der Waals surface area (Å²) in [6, 6.07) is 6.02. The molecule has 24 heavy (non-hydrogen) atoms. The molecular formula is C17H18FN5O. The van der Waals surface area contributed by atoms with Crippen molar-refractivity contribution in [3.8, 4) is 0 Å². The van der Waals surface area contributed by atoms with Crippen molar-refractivity contribution in [2.75, 3.05) is 0 Å². The van der Waals surface area contributed by atoms with Gasteiger partial charge >= 0.3 is 0 Å². The highest BCUT2D eigenvalue weighted by atomic mass is 19.1. The number of hydrogen-bond acceptors (Lipinski definition) is 4. The molecule has 2 N–H and O–H groups in total. The zero-order valence-corrected chi connectivity index (χ0v) is 13.2. The van der Waals surface area contributed by atoms with Crippen LogP contribution in [-0.4, -0.2) is 19.7 Å². The first-order valence-corrected chi connectivity index (χ1v) is 8.14. The Hall–Kier alpha value is -2.54. The van der Waals surface area contributed by atoms with Crippen LogP contribution in [0.15, 0.2) is 29.1 Å². The molecule has 0 saturated carbocycles. The second-order valence-corrected chi connectivity index (χ2v) is 6.07. The molecule has 0 amide bonds. The van der Waals surface area contributed by atoms with E-state index in [2.05, 4.69) is 25.1 Å². The quantitative estimate of drug-likeness (QED) is 0.767. The van der Waals surface area contributed by atoms with Crippen LogP contribution < -0.4 is 10.7 Å². The van der Waals surface area contributed by atoms with Crippen molar-refractivity contribution in [2.24, 2.45) is 0 Å². The van der Waals surface area contributed by atoms with Gasteiger partial charge in [-0.05, 0) is 25.0 Å². The van der Waals surface area contributed by atoms with Crippen LogP contribution in [0.25, 0.3) is 10.9 Å². The number of aromatic amines is 1. The van der Waals surface area contributed by atoms with E-state index in [1.54, 1.807) is 12.1 Å². The molecule has 124 valence electrons. The number of halogens is 1. The van der Waals surface area contributed by atoms with E-state index in [-0.39, 0.29) is 10.9 Å². The molecule has 6 nitrogen and oxygen atoms in total. The van der Waals surface area contributed by atoms with Gasteiger partial charge in [0.05, 0.1) is 12.1 Å². The van der Waals surface area contributed by atoms with Crippen molar-refractivity contribution in [1.82, 2.24) is 25.1 Å². The van der Waals surface area contributed by atoms with E-state index >= 15 is 0 Å². The lowest BCUT2D eigenvalue weighted by Gasteiger charge is -2.15. The van der Waals surface area contributed by atoms with Crippen LogP contribution in [0, 0.1) is 5.82 Å². The smallest absolute Gasteiger partial charge is 0.189 e. The molecule has 7 heteroatoms. The molecule has 0 spiro atoms. The first-order chi connectivity index (χ1) is 11.7. The number of benzene rings is 1. The van der Waals surface area contributed by atoms with Crippen molar-refractivity contribution in [2.45, 2.75) is 38.9 Å². The predicted molar refractivity (Wildman–Crippen MR) is 88.0 cm³/mol. The maximum absolute atomic E-state index is 13.9. The first kappa shape index (κ1) is 15.0. The summed E-state index contributed by atoms with van der Waals surface area (Å²) in [5, 5.41) is 12.1. The Bertz CT molecular complexity index is 946. The molecule has 1 aliphatic rings. The number of nitrogens with one attached hydrogen (secondary N) is 2. The van der Waals surface area contributed by atoms with Gasteiger partial charge in [0.1, 0.15) is 17.5 Å². The second-order valence-electron chi connectivity index (χ2n) is 6.07. The molecule has 0 unspecified atom stereocenters. The standard InChI is InChI=1S/C17H18FN5O/c18-13-5-3-4-12-14(24)8-11(20-17(12)13)9-19-10-16-22-21-15-6-1-2-7-23(15)16/h3-5,8,19H,1-2,6-7,9-10H2,(H,20,24). The lowest BCUT2D eigenvalue weighted by molar-refractivity contribution is 0.496. The van der Waals surface area contributed by atoms with Gasteiger partial charge in [-0.2, -0.15) is 0 Å². The van der Waals surface area contributed by atoms with Crippen molar-refractivity contribution in [1.29, 1.82) is 0 Å². The third-order valence-electron chi connectivity index (χ3n) is 4.40. The molecule has 0 bridgehead atoms. The van der Waals surface area contributed by atoms with Gasteiger partial charge in [-0.15, -0.1) is 10.2 Å². The van der Waals surface area contributed by atoms with Crippen molar-refractivity contribution in [3.05, 3.63) is 57.6 Å². The van der Waals surface area contributed by atoms with E-state index in [9.17, 15) is 9.18 Å². The summed E-state index contributed by atoms with van der Waals surface area (Å²) in [4.78, 5) is 15.1. The van der Waals surface area contributed by atoms with Crippen molar-refractivity contribution >= 4 is 10.9 Å². The van der Waals surface area contributed by atoms with Crippen LogP contribution in [0.3, 0.4) is 0 Å². The Balaban J connectivity index is 1.50. The SMILES string of the molecule is O=c1cc(CNCc2nnc3n2CCCC3)[nH]c2c(F)cccc12. The molecule has 0 radical (unpaired) electrons. The summed E-state index contributed by atoms with van der Waals surface area (Å²) in [7, 11) is 0. The van der Waals surface area contributed by atoms with Crippen molar-refractivity contribution < 1.29 is 4.39 Å².